The van der Waals surface area contributed by atoms with E-state index >= 15 is 0 Å². The van der Waals surface area contributed by atoms with Gasteiger partial charge in [0.2, 0.25) is 6.41 Å². The molecule has 1 spiro atoms. The number of ether oxygens (including phenoxy) is 1. The van der Waals surface area contributed by atoms with Crippen LogP contribution in [0.25, 0.3) is 0 Å². The van der Waals surface area contributed by atoms with E-state index in [9.17, 15) is 9.50 Å². The molecule has 0 amide bonds. The number of nitrogens with one attached hydrogen (secondary N) is 2. The molecule has 0 radical (unpaired) electrons. The second kappa shape index (κ2) is 5.64. The van der Waals surface area contributed by atoms with E-state index in [4.69, 9.17) is 4.74 Å². The maximum Gasteiger partial charge on any atom is 0.214 e. The van der Waals surface area contributed by atoms with Crippen molar-refractivity contribution < 1.29 is 14.2 Å². The summed E-state index contributed by atoms with van der Waals surface area (Å²) >= 11 is 0. The van der Waals surface area contributed by atoms with Crippen molar-refractivity contribution in [1.82, 2.24) is 10.6 Å². The highest BCUT2D eigenvalue weighted by Gasteiger charge is 2.48. The van der Waals surface area contributed by atoms with Gasteiger partial charge >= 0.3 is 0 Å². The molecule has 0 aromatic rings. The fourth-order valence-corrected chi connectivity index (χ4v) is 3.44. The van der Waals surface area contributed by atoms with Gasteiger partial charge in [0.15, 0.2) is 0 Å². The minimum absolute atomic E-state index is 0.00181. The van der Waals surface area contributed by atoms with E-state index < -0.39 is 18.2 Å². The standard InChI is InChI=1S/C14H27FN2O2/c1-13(2,3)19-12(18)17-11-8-10(15)9-14(11)4-6-16-7-5-14/h10-12,16-18H,4-9H2,1-3H3/t10-,11+,12?/m0/s1. The van der Waals surface area contributed by atoms with Gasteiger partial charge in [-0.25, -0.2) is 4.39 Å². The van der Waals surface area contributed by atoms with Crippen LogP contribution in [-0.4, -0.2) is 42.4 Å². The van der Waals surface area contributed by atoms with Gasteiger partial charge < -0.3 is 15.2 Å². The minimum atomic E-state index is -1.03. The highest BCUT2D eigenvalue weighted by molar-refractivity contribution is 5.02. The fourth-order valence-electron chi connectivity index (χ4n) is 3.44. The van der Waals surface area contributed by atoms with Crippen LogP contribution >= 0.6 is 0 Å². The molecule has 1 aliphatic heterocycles. The number of aliphatic hydroxyl groups is 1. The molecule has 1 aliphatic carbocycles. The number of alkyl halides is 1. The summed E-state index contributed by atoms with van der Waals surface area (Å²) in [4.78, 5) is 0. The Morgan fingerprint density at radius 2 is 2.00 bits per heavy atom. The van der Waals surface area contributed by atoms with Crippen LogP contribution < -0.4 is 10.6 Å². The third-order valence-electron chi connectivity index (χ3n) is 4.27. The molecule has 3 atom stereocenters. The van der Waals surface area contributed by atoms with Crippen molar-refractivity contribution in [2.45, 2.75) is 70.7 Å². The van der Waals surface area contributed by atoms with E-state index in [1.807, 2.05) is 20.8 Å². The monoisotopic (exact) mass is 274 g/mol. The number of aliphatic hydroxyl groups excluding tert-OH is 1. The topological polar surface area (TPSA) is 53.5 Å². The SMILES string of the molecule is CC(C)(C)OC(O)N[C@@H]1C[C@H](F)CC12CCNCC2. The molecule has 2 rings (SSSR count). The summed E-state index contributed by atoms with van der Waals surface area (Å²) in [5.41, 5.74) is -0.436. The first kappa shape index (κ1) is 15.2. The van der Waals surface area contributed by atoms with E-state index in [2.05, 4.69) is 10.6 Å². The van der Waals surface area contributed by atoms with Gasteiger partial charge in [-0.05, 0) is 65.0 Å². The van der Waals surface area contributed by atoms with E-state index in [0.717, 1.165) is 25.9 Å². The van der Waals surface area contributed by atoms with Crippen LogP contribution in [0.5, 0.6) is 0 Å². The van der Waals surface area contributed by atoms with E-state index in [0.29, 0.717) is 12.8 Å². The van der Waals surface area contributed by atoms with Crippen molar-refractivity contribution in [3.63, 3.8) is 0 Å². The molecule has 1 saturated heterocycles. The van der Waals surface area contributed by atoms with Crippen molar-refractivity contribution in [3.8, 4) is 0 Å². The molecule has 3 N–H and O–H groups in total. The average molecular weight is 274 g/mol. The largest absolute Gasteiger partial charge is 0.356 e. The molecule has 0 aromatic carbocycles. The Labute approximate surface area is 115 Å². The van der Waals surface area contributed by atoms with Gasteiger partial charge in [-0.1, -0.05) is 0 Å². The van der Waals surface area contributed by atoms with Crippen LogP contribution in [0.4, 0.5) is 4.39 Å². The molecule has 1 saturated carbocycles. The van der Waals surface area contributed by atoms with Crippen LogP contribution in [-0.2, 0) is 4.74 Å². The van der Waals surface area contributed by atoms with Gasteiger partial charge in [0, 0.05) is 6.04 Å². The van der Waals surface area contributed by atoms with Crippen molar-refractivity contribution in [3.05, 3.63) is 0 Å². The van der Waals surface area contributed by atoms with Gasteiger partial charge in [-0.2, -0.15) is 0 Å². The first-order chi connectivity index (χ1) is 8.81. The fraction of sp³-hybridized carbons (Fsp3) is 1.00. The number of hydrogen-bond acceptors (Lipinski definition) is 4. The lowest BCUT2D eigenvalue weighted by Crippen LogP contribution is -2.52. The molecule has 5 heteroatoms. The summed E-state index contributed by atoms with van der Waals surface area (Å²) < 4.78 is 19.3. The summed E-state index contributed by atoms with van der Waals surface area (Å²) in [6.45, 7) is 7.54. The Balaban J connectivity index is 1.97. The predicted octanol–water partition coefficient (Wildman–Crippen LogP) is 1.54. The lowest BCUT2D eigenvalue weighted by molar-refractivity contribution is -0.189. The number of rotatable bonds is 3. The second-order valence-electron chi connectivity index (χ2n) is 6.95. The maximum atomic E-state index is 13.8. The molecule has 4 nitrogen and oxygen atoms in total. The molecule has 2 aliphatic rings. The van der Waals surface area contributed by atoms with Crippen LogP contribution in [0.15, 0.2) is 0 Å². The average Bonchev–Trinajstić information content (AvgIpc) is 2.53. The lowest BCUT2D eigenvalue weighted by atomic mass is 9.74. The first-order valence-electron chi connectivity index (χ1n) is 7.27. The van der Waals surface area contributed by atoms with Gasteiger partial charge in [0.1, 0.15) is 6.17 Å². The van der Waals surface area contributed by atoms with E-state index in [1.54, 1.807) is 0 Å². The van der Waals surface area contributed by atoms with Crippen LogP contribution in [0.3, 0.4) is 0 Å². The van der Waals surface area contributed by atoms with Crippen molar-refractivity contribution >= 4 is 0 Å². The van der Waals surface area contributed by atoms with Gasteiger partial charge in [-0.3, -0.25) is 5.32 Å². The van der Waals surface area contributed by atoms with Crippen LogP contribution in [0.1, 0.15) is 46.5 Å². The minimum Gasteiger partial charge on any atom is -0.356 e. The van der Waals surface area contributed by atoms with E-state index in [1.165, 1.54) is 0 Å². The first-order valence-corrected chi connectivity index (χ1v) is 7.27. The summed E-state index contributed by atoms with van der Waals surface area (Å²) in [7, 11) is 0. The molecular weight excluding hydrogens is 247 g/mol. The molecule has 0 aromatic heterocycles. The Bertz CT molecular complexity index is 300. The Morgan fingerprint density at radius 1 is 1.37 bits per heavy atom. The normalized spacial score (nSPS) is 32.7. The van der Waals surface area contributed by atoms with Crippen molar-refractivity contribution in [2.24, 2.45) is 5.41 Å². The number of piperidine rings is 1. The summed E-state index contributed by atoms with van der Waals surface area (Å²) in [5.74, 6) is 0. The molecular formula is C14H27FN2O2. The third-order valence-corrected chi connectivity index (χ3v) is 4.27. The number of halogens is 1. The molecule has 0 bridgehead atoms. The highest BCUT2D eigenvalue weighted by Crippen LogP contribution is 2.46. The zero-order valence-corrected chi connectivity index (χ0v) is 12.2. The molecule has 19 heavy (non-hydrogen) atoms. The molecule has 112 valence electrons. The number of hydrogen-bond donors (Lipinski definition) is 3. The van der Waals surface area contributed by atoms with E-state index in [-0.39, 0.29) is 11.5 Å². The summed E-state index contributed by atoms with van der Waals surface area (Å²) in [6.07, 6.45) is 1.22. The summed E-state index contributed by atoms with van der Waals surface area (Å²) in [5, 5.41) is 16.4. The second-order valence-corrected chi connectivity index (χ2v) is 6.95. The highest BCUT2D eigenvalue weighted by atomic mass is 19.1. The van der Waals surface area contributed by atoms with Crippen LogP contribution in [0, 0.1) is 5.41 Å². The van der Waals surface area contributed by atoms with Crippen molar-refractivity contribution in [1.29, 1.82) is 0 Å². The third kappa shape index (κ3) is 3.88. The quantitative estimate of drug-likeness (QED) is 0.683. The molecule has 1 unspecified atom stereocenters. The lowest BCUT2D eigenvalue weighted by Gasteiger charge is -2.40. The Kier molecular flexibility index (Phi) is 4.50. The maximum absolute atomic E-state index is 13.8. The molecule has 1 heterocycles. The Morgan fingerprint density at radius 3 is 2.58 bits per heavy atom. The van der Waals surface area contributed by atoms with Gasteiger partial charge in [0.25, 0.3) is 0 Å². The Hall–Kier alpha value is -0.230. The zero-order chi connectivity index (χ0) is 14.1. The smallest absolute Gasteiger partial charge is 0.214 e. The zero-order valence-electron chi connectivity index (χ0n) is 12.2. The molecule has 2 fully saturated rings. The van der Waals surface area contributed by atoms with Crippen molar-refractivity contribution in [2.75, 3.05) is 13.1 Å². The van der Waals surface area contributed by atoms with Gasteiger partial charge in [0.05, 0.1) is 5.60 Å². The van der Waals surface area contributed by atoms with Crippen LogP contribution in [0.2, 0.25) is 0 Å². The van der Waals surface area contributed by atoms with Gasteiger partial charge in [-0.15, -0.1) is 0 Å². The predicted molar refractivity (Wildman–Crippen MR) is 72.4 cm³/mol. The summed E-state index contributed by atoms with van der Waals surface area (Å²) in [6, 6.07) is 0.00181.